The number of benzene rings is 2. The van der Waals surface area contributed by atoms with Gasteiger partial charge in [-0.3, -0.25) is 4.79 Å². The SMILES string of the molecule is CC(C)C[C@@H](NC(=O)COC(=O)c1ccc(N)cc1)c1ccccc1. The number of rotatable bonds is 7. The molecule has 3 N–H and O–H groups in total. The van der Waals surface area contributed by atoms with Gasteiger partial charge in [-0.05, 0) is 42.2 Å². The van der Waals surface area contributed by atoms with Crippen LogP contribution in [0.2, 0.25) is 0 Å². The van der Waals surface area contributed by atoms with Crippen molar-refractivity contribution < 1.29 is 14.3 Å². The zero-order chi connectivity index (χ0) is 18.2. The van der Waals surface area contributed by atoms with Gasteiger partial charge in [0.2, 0.25) is 0 Å². The Morgan fingerprint density at radius 1 is 1.04 bits per heavy atom. The number of nitrogen functional groups attached to an aromatic ring is 1. The van der Waals surface area contributed by atoms with Crippen LogP contribution in [0.5, 0.6) is 0 Å². The van der Waals surface area contributed by atoms with Crippen molar-refractivity contribution in [2.45, 2.75) is 26.3 Å². The summed E-state index contributed by atoms with van der Waals surface area (Å²) < 4.78 is 5.08. The largest absolute Gasteiger partial charge is 0.452 e. The Kier molecular flexibility index (Phi) is 6.57. The molecule has 0 saturated carbocycles. The lowest BCUT2D eigenvalue weighted by atomic mass is 9.97. The van der Waals surface area contributed by atoms with Gasteiger partial charge in [-0.15, -0.1) is 0 Å². The molecule has 0 aliphatic carbocycles. The Morgan fingerprint density at radius 3 is 2.28 bits per heavy atom. The maximum atomic E-state index is 12.2. The van der Waals surface area contributed by atoms with Crippen LogP contribution < -0.4 is 11.1 Å². The average molecular weight is 340 g/mol. The highest BCUT2D eigenvalue weighted by Crippen LogP contribution is 2.21. The fourth-order valence-corrected chi connectivity index (χ4v) is 2.50. The molecule has 132 valence electrons. The van der Waals surface area contributed by atoms with Crippen LogP contribution in [-0.2, 0) is 9.53 Å². The molecule has 5 heteroatoms. The van der Waals surface area contributed by atoms with Gasteiger partial charge in [-0.1, -0.05) is 44.2 Å². The molecule has 0 spiro atoms. The van der Waals surface area contributed by atoms with Crippen LogP contribution in [0.1, 0.15) is 42.2 Å². The summed E-state index contributed by atoms with van der Waals surface area (Å²) in [5.41, 5.74) is 7.55. The first-order valence-electron chi connectivity index (χ1n) is 8.32. The van der Waals surface area contributed by atoms with E-state index in [1.54, 1.807) is 24.3 Å². The standard InChI is InChI=1S/C20H24N2O3/c1-14(2)12-18(15-6-4-3-5-7-15)22-19(23)13-25-20(24)16-8-10-17(21)11-9-16/h3-11,14,18H,12-13,21H2,1-2H3,(H,22,23)/t18-/m1/s1. The van der Waals surface area contributed by atoms with Gasteiger partial charge in [0.05, 0.1) is 11.6 Å². The molecule has 0 aliphatic heterocycles. The molecule has 1 atom stereocenters. The quantitative estimate of drug-likeness (QED) is 0.598. The summed E-state index contributed by atoms with van der Waals surface area (Å²) in [5, 5.41) is 2.94. The summed E-state index contributed by atoms with van der Waals surface area (Å²) in [4.78, 5) is 24.1. The summed E-state index contributed by atoms with van der Waals surface area (Å²) in [7, 11) is 0. The number of hydrogen-bond acceptors (Lipinski definition) is 4. The van der Waals surface area contributed by atoms with E-state index >= 15 is 0 Å². The third-order valence-corrected chi connectivity index (χ3v) is 3.73. The van der Waals surface area contributed by atoms with Crippen LogP contribution in [0, 0.1) is 5.92 Å². The number of anilines is 1. The van der Waals surface area contributed by atoms with E-state index in [0.717, 1.165) is 12.0 Å². The van der Waals surface area contributed by atoms with Gasteiger partial charge in [-0.25, -0.2) is 4.79 Å². The number of carbonyl (C=O) groups is 2. The molecule has 0 heterocycles. The van der Waals surface area contributed by atoms with Gasteiger partial charge in [-0.2, -0.15) is 0 Å². The second-order valence-corrected chi connectivity index (χ2v) is 6.36. The lowest BCUT2D eigenvalue weighted by molar-refractivity contribution is -0.125. The van der Waals surface area contributed by atoms with Gasteiger partial charge >= 0.3 is 5.97 Å². The van der Waals surface area contributed by atoms with Crippen molar-refractivity contribution in [3.8, 4) is 0 Å². The van der Waals surface area contributed by atoms with Gasteiger partial charge in [0.25, 0.3) is 5.91 Å². The molecule has 0 aliphatic rings. The second kappa shape index (κ2) is 8.87. The Bertz CT molecular complexity index is 697. The van der Waals surface area contributed by atoms with E-state index in [1.807, 2.05) is 30.3 Å². The van der Waals surface area contributed by atoms with E-state index in [4.69, 9.17) is 10.5 Å². The van der Waals surface area contributed by atoms with Crippen LogP contribution in [-0.4, -0.2) is 18.5 Å². The summed E-state index contributed by atoms with van der Waals surface area (Å²) in [6, 6.07) is 16.0. The maximum Gasteiger partial charge on any atom is 0.338 e. The third-order valence-electron chi connectivity index (χ3n) is 3.73. The fraction of sp³-hybridized carbons (Fsp3) is 0.300. The van der Waals surface area contributed by atoms with E-state index in [0.29, 0.717) is 17.2 Å². The first kappa shape index (κ1) is 18.5. The zero-order valence-electron chi connectivity index (χ0n) is 14.6. The Balaban J connectivity index is 1.92. The Hall–Kier alpha value is -2.82. The molecule has 1 amide bonds. The minimum absolute atomic E-state index is 0.107. The van der Waals surface area contributed by atoms with E-state index in [1.165, 1.54) is 0 Å². The lowest BCUT2D eigenvalue weighted by Crippen LogP contribution is -2.33. The Labute approximate surface area is 148 Å². The normalized spacial score (nSPS) is 11.8. The van der Waals surface area contributed by atoms with E-state index in [9.17, 15) is 9.59 Å². The molecule has 5 nitrogen and oxygen atoms in total. The molecule has 0 aromatic heterocycles. The maximum absolute atomic E-state index is 12.2. The van der Waals surface area contributed by atoms with Crippen molar-refractivity contribution in [1.29, 1.82) is 0 Å². The van der Waals surface area contributed by atoms with Crippen molar-refractivity contribution in [1.82, 2.24) is 5.32 Å². The summed E-state index contributed by atoms with van der Waals surface area (Å²) in [5.74, 6) is -0.448. The van der Waals surface area contributed by atoms with Crippen molar-refractivity contribution >= 4 is 17.6 Å². The molecule has 0 fully saturated rings. The fourth-order valence-electron chi connectivity index (χ4n) is 2.50. The highest BCUT2D eigenvalue weighted by Gasteiger charge is 2.17. The lowest BCUT2D eigenvalue weighted by Gasteiger charge is -2.21. The molecule has 2 aromatic carbocycles. The Morgan fingerprint density at radius 2 is 1.68 bits per heavy atom. The number of ether oxygens (including phenoxy) is 1. The topological polar surface area (TPSA) is 81.4 Å². The van der Waals surface area contributed by atoms with E-state index in [-0.39, 0.29) is 18.6 Å². The molecular formula is C20H24N2O3. The smallest absolute Gasteiger partial charge is 0.338 e. The van der Waals surface area contributed by atoms with Crippen molar-refractivity contribution in [3.63, 3.8) is 0 Å². The number of nitrogens with one attached hydrogen (secondary N) is 1. The third kappa shape index (κ3) is 5.95. The number of esters is 1. The highest BCUT2D eigenvalue weighted by molar-refractivity contribution is 5.91. The zero-order valence-corrected chi connectivity index (χ0v) is 14.6. The number of hydrogen-bond donors (Lipinski definition) is 2. The summed E-state index contributed by atoms with van der Waals surface area (Å²) in [6.45, 7) is 3.89. The molecule has 0 bridgehead atoms. The molecule has 0 saturated heterocycles. The highest BCUT2D eigenvalue weighted by atomic mass is 16.5. The summed E-state index contributed by atoms with van der Waals surface area (Å²) in [6.07, 6.45) is 0.807. The first-order chi connectivity index (χ1) is 12.0. The van der Waals surface area contributed by atoms with Crippen molar-refractivity contribution in [2.75, 3.05) is 12.3 Å². The van der Waals surface area contributed by atoms with Crippen LogP contribution >= 0.6 is 0 Å². The van der Waals surface area contributed by atoms with Gasteiger partial charge < -0.3 is 15.8 Å². The van der Waals surface area contributed by atoms with E-state index in [2.05, 4.69) is 19.2 Å². The van der Waals surface area contributed by atoms with Crippen LogP contribution in [0.15, 0.2) is 54.6 Å². The summed E-state index contributed by atoms with van der Waals surface area (Å²) >= 11 is 0. The first-order valence-corrected chi connectivity index (χ1v) is 8.32. The molecule has 0 unspecified atom stereocenters. The molecular weight excluding hydrogens is 316 g/mol. The molecule has 0 radical (unpaired) electrons. The molecule has 2 rings (SSSR count). The average Bonchev–Trinajstić information content (AvgIpc) is 2.60. The number of amides is 1. The van der Waals surface area contributed by atoms with Crippen molar-refractivity contribution in [2.24, 2.45) is 5.92 Å². The van der Waals surface area contributed by atoms with Crippen LogP contribution in [0.3, 0.4) is 0 Å². The molecule has 2 aromatic rings. The predicted octanol–water partition coefficient (Wildman–Crippen LogP) is 3.33. The molecule has 25 heavy (non-hydrogen) atoms. The second-order valence-electron chi connectivity index (χ2n) is 6.36. The van der Waals surface area contributed by atoms with E-state index < -0.39 is 5.97 Å². The monoisotopic (exact) mass is 340 g/mol. The van der Waals surface area contributed by atoms with Crippen LogP contribution in [0.4, 0.5) is 5.69 Å². The van der Waals surface area contributed by atoms with Gasteiger partial charge in [0, 0.05) is 5.69 Å². The predicted molar refractivity (Wildman–Crippen MR) is 97.9 cm³/mol. The van der Waals surface area contributed by atoms with Gasteiger partial charge in [0.15, 0.2) is 6.61 Å². The van der Waals surface area contributed by atoms with Gasteiger partial charge in [0.1, 0.15) is 0 Å². The number of carbonyl (C=O) groups excluding carboxylic acids is 2. The minimum atomic E-state index is -0.546. The number of nitrogens with two attached hydrogens (primary N) is 1. The van der Waals surface area contributed by atoms with Crippen molar-refractivity contribution in [3.05, 3.63) is 65.7 Å². The van der Waals surface area contributed by atoms with Crippen LogP contribution in [0.25, 0.3) is 0 Å². The minimum Gasteiger partial charge on any atom is -0.452 e.